The van der Waals surface area contributed by atoms with Crippen LogP contribution in [0, 0.1) is 4.91 Å². The molecule has 0 aliphatic rings. The molecule has 10 nitrogen and oxygen atoms in total. The molecule has 11 heteroatoms. The fraction of sp³-hybridized carbons (Fsp3) is 0.200. The highest BCUT2D eigenvalue weighted by molar-refractivity contribution is 7.89. The summed E-state index contributed by atoms with van der Waals surface area (Å²) in [4.78, 5) is 31.7. The van der Waals surface area contributed by atoms with Crippen molar-refractivity contribution in [2.45, 2.75) is 4.90 Å². The predicted octanol–water partition coefficient (Wildman–Crippen LogP) is -1.55. The van der Waals surface area contributed by atoms with Gasteiger partial charge in [0.1, 0.15) is 0 Å². The van der Waals surface area contributed by atoms with Crippen LogP contribution in [-0.2, 0) is 19.6 Å². The number of nitrogens with zero attached hydrogens (tertiary/aromatic N) is 2. The van der Waals surface area contributed by atoms with Gasteiger partial charge in [0, 0.05) is 12.1 Å². The number of hydrogen-bond donors (Lipinski definition) is 3. The van der Waals surface area contributed by atoms with Gasteiger partial charge < -0.3 is 11.5 Å². The molecule has 0 spiro atoms. The molecule has 1 aromatic carbocycles. The van der Waals surface area contributed by atoms with Crippen molar-refractivity contribution >= 4 is 27.5 Å². The SMILES string of the molecule is NC(=O)CN(CC(N)=O)S(=O)(=O)c1ccc([N+](=O)O)cc1. The van der Waals surface area contributed by atoms with Gasteiger partial charge in [-0.15, -0.1) is 0 Å². The molecule has 0 radical (unpaired) electrons. The molecular formula is C10H13N4O6S+. The molecule has 2 amide bonds. The molecule has 0 aliphatic heterocycles. The second kappa shape index (κ2) is 6.28. The van der Waals surface area contributed by atoms with Gasteiger partial charge in [0.2, 0.25) is 21.8 Å². The van der Waals surface area contributed by atoms with Crippen molar-refractivity contribution in [2.24, 2.45) is 11.5 Å². The quantitative estimate of drug-likeness (QED) is 0.515. The normalized spacial score (nSPS) is 11.3. The molecule has 0 unspecified atom stereocenters. The van der Waals surface area contributed by atoms with Crippen molar-refractivity contribution in [1.29, 1.82) is 0 Å². The lowest BCUT2D eigenvalue weighted by Gasteiger charge is -2.18. The topological polar surface area (TPSA) is 164 Å². The zero-order valence-electron chi connectivity index (χ0n) is 10.7. The number of carbonyl (C=O) groups excluding carboxylic acids is 2. The predicted molar refractivity (Wildman–Crippen MR) is 68.7 cm³/mol. The van der Waals surface area contributed by atoms with Gasteiger partial charge in [0.15, 0.2) is 0 Å². The Balaban J connectivity index is 3.17. The first kappa shape index (κ1) is 16.5. The van der Waals surface area contributed by atoms with E-state index in [2.05, 4.69) is 0 Å². The average Bonchev–Trinajstić information content (AvgIpc) is 2.37. The van der Waals surface area contributed by atoms with Gasteiger partial charge in [0.25, 0.3) is 4.92 Å². The minimum atomic E-state index is -4.20. The van der Waals surface area contributed by atoms with Crippen molar-refractivity contribution in [3.05, 3.63) is 29.2 Å². The fourth-order valence-electron chi connectivity index (χ4n) is 1.47. The number of amides is 2. The van der Waals surface area contributed by atoms with Crippen LogP contribution in [0.25, 0.3) is 0 Å². The lowest BCUT2D eigenvalue weighted by molar-refractivity contribution is -0.729. The highest BCUT2D eigenvalue weighted by Gasteiger charge is 2.28. The van der Waals surface area contributed by atoms with Gasteiger partial charge in [-0.3, -0.25) is 9.59 Å². The van der Waals surface area contributed by atoms with Crippen LogP contribution >= 0.6 is 0 Å². The summed E-state index contributed by atoms with van der Waals surface area (Å²) in [5, 5.41) is 8.66. The summed E-state index contributed by atoms with van der Waals surface area (Å²) >= 11 is 0. The second-order valence-corrected chi connectivity index (χ2v) is 5.91. The Bertz CT molecular complexity index is 653. The van der Waals surface area contributed by atoms with E-state index in [0.29, 0.717) is 4.31 Å². The van der Waals surface area contributed by atoms with Gasteiger partial charge in [-0.1, -0.05) is 0 Å². The maximum atomic E-state index is 12.2. The van der Waals surface area contributed by atoms with Gasteiger partial charge in [-0.05, 0) is 12.1 Å². The molecule has 114 valence electrons. The van der Waals surface area contributed by atoms with E-state index in [0.717, 1.165) is 24.3 Å². The Labute approximate surface area is 119 Å². The summed E-state index contributed by atoms with van der Waals surface area (Å²) in [6.07, 6.45) is 0. The number of rotatable bonds is 7. The summed E-state index contributed by atoms with van der Waals surface area (Å²) in [5.74, 6) is -1.92. The Morgan fingerprint density at radius 2 is 1.52 bits per heavy atom. The number of hydrogen-bond acceptors (Lipinski definition) is 5. The molecule has 0 saturated heterocycles. The standard InChI is InChI=1S/C10H12N4O6S/c11-9(15)5-13(6-10(12)16)21(19,20)8-3-1-7(2-4-8)14(17)18/h1-4H,5-6H2,(H4-,11,12,15,16,17,18)/p+1. The van der Waals surface area contributed by atoms with E-state index in [9.17, 15) is 22.9 Å². The number of carbonyl (C=O) groups is 2. The second-order valence-electron chi connectivity index (χ2n) is 3.97. The third-order valence-electron chi connectivity index (χ3n) is 2.36. The third-order valence-corrected chi connectivity index (χ3v) is 4.17. The molecule has 0 atom stereocenters. The Morgan fingerprint density at radius 1 is 1.10 bits per heavy atom. The van der Waals surface area contributed by atoms with Crippen LogP contribution in [-0.4, -0.2) is 47.8 Å². The highest BCUT2D eigenvalue weighted by atomic mass is 32.2. The zero-order valence-corrected chi connectivity index (χ0v) is 11.5. The highest BCUT2D eigenvalue weighted by Crippen LogP contribution is 2.19. The molecule has 0 saturated carbocycles. The molecule has 0 aromatic heterocycles. The van der Waals surface area contributed by atoms with E-state index in [1.54, 1.807) is 0 Å². The number of primary amides is 2. The van der Waals surface area contributed by atoms with E-state index < -0.39 is 39.9 Å². The monoisotopic (exact) mass is 317 g/mol. The summed E-state index contributed by atoms with van der Waals surface area (Å²) < 4.78 is 25.0. The fourth-order valence-corrected chi connectivity index (χ4v) is 2.84. The van der Waals surface area contributed by atoms with Crippen LogP contribution in [0.2, 0.25) is 0 Å². The first-order chi connectivity index (χ1) is 9.64. The van der Waals surface area contributed by atoms with E-state index in [1.165, 1.54) is 0 Å². The minimum absolute atomic E-state index is 0.190. The van der Waals surface area contributed by atoms with Crippen molar-refractivity contribution in [2.75, 3.05) is 13.1 Å². The van der Waals surface area contributed by atoms with Gasteiger partial charge in [-0.2, -0.15) is 4.31 Å². The zero-order chi connectivity index (χ0) is 16.2. The van der Waals surface area contributed by atoms with E-state index in [-0.39, 0.29) is 10.6 Å². The summed E-state index contributed by atoms with van der Waals surface area (Å²) in [5.41, 5.74) is 9.67. The molecule has 1 rings (SSSR count). The van der Waals surface area contributed by atoms with Crippen LogP contribution in [0.15, 0.2) is 29.2 Å². The Hall–Kier alpha value is -2.53. The first-order valence-corrected chi connectivity index (χ1v) is 6.91. The van der Waals surface area contributed by atoms with Gasteiger partial charge in [-0.25, -0.2) is 13.6 Å². The van der Waals surface area contributed by atoms with Crippen molar-refractivity contribution < 1.29 is 28.1 Å². The maximum absolute atomic E-state index is 12.2. The van der Waals surface area contributed by atoms with E-state index in [1.807, 2.05) is 0 Å². The molecule has 0 bridgehead atoms. The van der Waals surface area contributed by atoms with Crippen LogP contribution in [0.5, 0.6) is 0 Å². The number of sulfonamides is 1. The minimum Gasteiger partial charge on any atom is -0.369 e. The molecule has 0 fully saturated rings. The molecule has 5 N–H and O–H groups in total. The van der Waals surface area contributed by atoms with E-state index >= 15 is 0 Å². The lowest BCUT2D eigenvalue weighted by Crippen LogP contribution is -2.43. The summed E-state index contributed by atoms with van der Waals surface area (Å²) in [7, 11) is -4.20. The largest absolute Gasteiger partial charge is 0.369 e. The average molecular weight is 317 g/mol. The lowest BCUT2D eigenvalue weighted by atomic mass is 10.3. The molecule has 0 aliphatic carbocycles. The molecule has 21 heavy (non-hydrogen) atoms. The Morgan fingerprint density at radius 3 is 1.86 bits per heavy atom. The Kier molecular flexibility index (Phi) is 4.94. The van der Waals surface area contributed by atoms with Crippen LogP contribution < -0.4 is 11.5 Å². The van der Waals surface area contributed by atoms with Crippen molar-refractivity contribution in [1.82, 2.24) is 4.31 Å². The van der Waals surface area contributed by atoms with Crippen LogP contribution in [0.1, 0.15) is 0 Å². The summed E-state index contributed by atoms with van der Waals surface area (Å²) in [6, 6.07) is 4.15. The van der Waals surface area contributed by atoms with Crippen LogP contribution in [0.4, 0.5) is 5.69 Å². The van der Waals surface area contributed by atoms with Crippen LogP contribution in [0.3, 0.4) is 0 Å². The van der Waals surface area contributed by atoms with Gasteiger partial charge in [0.05, 0.1) is 22.9 Å². The van der Waals surface area contributed by atoms with Crippen molar-refractivity contribution in [3.8, 4) is 0 Å². The maximum Gasteiger partial charge on any atom is 0.316 e. The van der Waals surface area contributed by atoms with Crippen molar-refractivity contribution in [3.63, 3.8) is 0 Å². The molecule has 0 heterocycles. The number of benzene rings is 1. The van der Waals surface area contributed by atoms with Gasteiger partial charge >= 0.3 is 5.69 Å². The summed E-state index contributed by atoms with van der Waals surface area (Å²) in [6.45, 7) is -1.44. The number of nitrogens with two attached hydrogens (primary N) is 2. The third kappa shape index (κ3) is 4.22. The van der Waals surface area contributed by atoms with E-state index in [4.69, 9.17) is 16.7 Å². The smallest absolute Gasteiger partial charge is 0.316 e. The molecular weight excluding hydrogens is 304 g/mol. The first-order valence-electron chi connectivity index (χ1n) is 5.47. The molecule has 1 aromatic rings.